The maximum absolute atomic E-state index is 11.3. The lowest BCUT2D eigenvalue weighted by atomic mass is 10.2. The van der Waals surface area contributed by atoms with Crippen LogP contribution >= 0.6 is 0 Å². The van der Waals surface area contributed by atoms with Crippen LogP contribution in [0.5, 0.6) is 5.75 Å². The average molecular weight is 252 g/mol. The van der Waals surface area contributed by atoms with E-state index in [1.165, 1.54) is 7.11 Å². The largest absolute Gasteiger partial charge is 0.465 e. The summed E-state index contributed by atoms with van der Waals surface area (Å²) in [5.41, 5.74) is 0.411. The summed E-state index contributed by atoms with van der Waals surface area (Å²) < 4.78 is 11.1. The maximum Gasteiger partial charge on any atom is 0.373 e. The molecule has 1 aromatic carbocycles. The standard InChI is InChI=1S/C13H16O5/c1-15-18-13(14)10-5-7-11(8-6-10)17-12-4-2-3-9-16-12/h5-8,12H,2-4,9H2,1H3. The van der Waals surface area contributed by atoms with Crippen molar-refractivity contribution in [1.29, 1.82) is 0 Å². The van der Waals surface area contributed by atoms with Gasteiger partial charge in [0.15, 0.2) is 6.29 Å². The zero-order chi connectivity index (χ0) is 12.8. The van der Waals surface area contributed by atoms with Crippen molar-refractivity contribution in [2.75, 3.05) is 13.7 Å². The van der Waals surface area contributed by atoms with Gasteiger partial charge in [-0.05, 0) is 37.1 Å². The predicted octanol–water partition coefficient (Wildman–Crippen LogP) is 2.31. The second-order valence-electron chi connectivity index (χ2n) is 3.98. The zero-order valence-corrected chi connectivity index (χ0v) is 10.3. The van der Waals surface area contributed by atoms with E-state index in [-0.39, 0.29) is 6.29 Å². The minimum atomic E-state index is -0.530. The topological polar surface area (TPSA) is 54.0 Å². The van der Waals surface area contributed by atoms with Crippen LogP contribution in [0.15, 0.2) is 24.3 Å². The van der Waals surface area contributed by atoms with Crippen LogP contribution in [0.3, 0.4) is 0 Å². The van der Waals surface area contributed by atoms with Crippen molar-refractivity contribution in [3.63, 3.8) is 0 Å². The summed E-state index contributed by atoms with van der Waals surface area (Å²) >= 11 is 0. The van der Waals surface area contributed by atoms with Crippen LogP contribution in [-0.2, 0) is 14.5 Å². The van der Waals surface area contributed by atoms with Gasteiger partial charge in [-0.3, -0.25) is 4.89 Å². The zero-order valence-electron chi connectivity index (χ0n) is 10.3. The molecule has 0 spiro atoms. The van der Waals surface area contributed by atoms with Crippen molar-refractivity contribution in [1.82, 2.24) is 0 Å². The Morgan fingerprint density at radius 3 is 2.67 bits per heavy atom. The lowest BCUT2D eigenvalue weighted by Gasteiger charge is -2.23. The first-order chi connectivity index (χ1) is 8.79. The predicted molar refractivity (Wildman–Crippen MR) is 63.1 cm³/mol. The highest BCUT2D eigenvalue weighted by Gasteiger charge is 2.15. The molecule has 0 aromatic heterocycles. The number of carbonyl (C=O) groups excluding carboxylic acids is 1. The Kier molecular flexibility index (Phi) is 4.55. The van der Waals surface area contributed by atoms with Gasteiger partial charge >= 0.3 is 5.97 Å². The number of carbonyl (C=O) groups is 1. The monoisotopic (exact) mass is 252 g/mol. The highest BCUT2D eigenvalue weighted by molar-refractivity contribution is 5.89. The Morgan fingerprint density at radius 2 is 2.06 bits per heavy atom. The third kappa shape index (κ3) is 3.45. The molecular weight excluding hydrogens is 236 g/mol. The molecule has 0 amide bonds. The van der Waals surface area contributed by atoms with Crippen LogP contribution in [0, 0.1) is 0 Å². The van der Waals surface area contributed by atoms with Crippen molar-refractivity contribution in [2.24, 2.45) is 0 Å². The number of ether oxygens (including phenoxy) is 2. The van der Waals surface area contributed by atoms with E-state index >= 15 is 0 Å². The van der Waals surface area contributed by atoms with Crippen molar-refractivity contribution in [2.45, 2.75) is 25.6 Å². The SMILES string of the molecule is COOC(=O)c1ccc(OC2CCCCO2)cc1. The first kappa shape index (κ1) is 12.9. The van der Waals surface area contributed by atoms with E-state index in [2.05, 4.69) is 9.78 Å². The van der Waals surface area contributed by atoms with Crippen molar-refractivity contribution in [3.8, 4) is 5.75 Å². The van der Waals surface area contributed by atoms with Crippen molar-refractivity contribution >= 4 is 5.97 Å². The third-order valence-corrected chi connectivity index (χ3v) is 2.65. The number of benzene rings is 1. The van der Waals surface area contributed by atoms with Crippen LogP contribution in [0.1, 0.15) is 29.6 Å². The molecule has 0 N–H and O–H groups in total. The summed E-state index contributed by atoms with van der Waals surface area (Å²) in [5, 5.41) is 0. The highest BCUT2D eigenvalue weighted by Crippen LogP contribution is 2.19. The molecule has 98 valence electrons. The van der Waals surface area contributed by atoms with Crippen LogP contribution < -0.4 is 4.74 Å². The molecule has 2 rings (SSSR count). The molecule has 1 heterocycles. The molecule has 0 aliphatic carbocycles. The molecule has 1 saturated heterocycles. The number of hydrogen-bond donors (Lipinski definition) is 0. The summed E-state index contributed by atoms with van der Waals surface area (Å²) in [5.74, 6) is 0.147. The smallest absolute Gasteiger partial charge is 0.373 e. The van der Waals surface area contributed by atoms with E-state index in [9.17, 15) is 4.79 Å². The second kappa shape index (κ2) is 6.37. The van der Waals surface area contributed by atoms with Gasteiger partial charge in [-0.15, -0.1) is 0 Å². The minimum Gasteiger partial charge on any atom is -0.465 e. The number of rotatable bonds is 4. The Morgan fingerprint density at radius 1 is 1.28 bits per heavy atom. The summed E-state index contributed by atoms with van der Waals surface area (Å²) in [6, 6.07) is 6.67. The molecule has 0 radical (unpaired) electrons. The molecular formula is C13H16O5. The van der Waals surface area contributed by atoms with Gasteiger partial charge in [0.05, 0.1) is 19.3 Å². The summed E-state index contributed by atoms with van der Waals surface area (Å²) in [6.45, 7) is 0.739. The fourth-order valence-corrected chi connectivity index (χ4v) is 1.75. The van der Waals surface area contributed by atoms with Crippen LogP contribution in [0.4, 0.5) is 0 Å². The molecule has 1 atom stereocenters. The normalized spacial score (nSPS) is 19.3. The average Bonchev–Trinajstić information content (AvgIpc) is 2.41. The van der Waals surface area contributed by atoms with Crippen molar-refractivity contribution in [3.05, 3.63) is 29.8 Å². The van der Waals surface area contributed by atoms with E-state index in [1.54, 1.807) is 24.3 Å². The van der Waals surface area contributed by atoms with Gasteiger partial charge in [0.2, 0.25) is 0 Å². The number of hydrogen-bond acceptors (Lipinski definition) is 5. The Labute approximate surface area is 106 Å². The Balaban J connectivity index is 1.92. The van der Waals surface area contributed by atoms with Crippen LogP contribution in [0.2, 0.25) is 0 Å². The molecule has 18 heavy (non-hydrogen) atoms. The second-order valence-corrected chi connectivity index (χ2v) is 3.98. The first-order valence-corrected chi connectivity index (χ1v) is 5.93. The maximum atomic E-state index is 11.3. The van der Waals surface area contributed by atoms with E-state index in [4.69, 9.17) is 9.47 Å². The molecule has 5 nitrogen and oxygen atoms in total. The summed E-state index contributed by atoms with van der Waals surface area (Å²) in [7, 11) is 1.29. The fraction of sp³-hybridized carbons (Fsp3) is 0.462. The van der Waals surface area contributed by atoms with Crippen LogP contribution in [-0.4, -0.2) is 26.0 Å². The molecule has 1 aromatic rings. The summed E-state index contributed by atoms with van der Waals surface area (Å²) in [6.07, 6.45) is 2.91. The highest BCUT2D eigenvalue weighted by atomic mass is 17.2. The van der Waals surface area contributed by atoms with Crippen LogP contribution in [0.25, 0.3) is 0 Å². The first-order valence-electron chi connectivity index (χ1n) is 5.93. The Bertz CT molecular complexity index is 381. The summed E-state index contributed by atoms with van der Waals surface area (Å²) in [4.78, 5) is 20.1. The minimum absolute atomic E-state index is 0.185. The van der Waals surface area contributed by atoms with E-state index in [0.29, 0.717) is 11.3 Å². The van der Waals surface area contributed by atoms with Gasteiger partial charge in [-0.2, -0.15) is 4.89 Å². The van der Waals surface area contributed by atoms with Gasteiger partial charge < -0.3 is 9.47 Å². The fourth-order valence-electron chi connectivity index (χ4n) is 1.75. The molecule has 1 aliphatic heterocycles. The molecule has 5 heteroatoms. The van der Waals surface area contributed by atoms with Crippen molar-refractivity contribution < 1.29 is 24.0 Å². The third-order valence-electron chi connectivity index (χ3n) is 2.65. The van der Waals surface area contributed by atoms with Gasteiger partial charge in [0.1, 0.15) is 5.75 Å². The van der Waals surface area contributed by atoms with Gasteiger partial charge in [-0.1, -0.05) is 0 Å². The lowest BCUT2D eigenvalue weighted by molar-refractivity contribution is -0.216. The molecule has 0 saturated carbocycles. The Hall–Kier alpha value is -1.59. The molecule has 1 fully saturated rings. The van der Waals surface area contributed by atoms with E-state index in [0.717, 1.165) is 25.9 Å². The molecule has 1 aliphatic rings. The quantitative estimate of drug-likeness (QED) is 0.608. The lowest BCUT2D eigenvalue weighted by Crippen LogP contribution is -2.24. The van der Waals surface area contributed by atoms with Gasteiger partial charge in [0.25, 0.3) is 0 Å². The molecule has 1 unspecified atom stereocenters. The van der Waals surface area contributed by atoms with Gasteiger partial charge in [-0.25, -0.2) is 4.79 Å². The molecule has 0 bridgehead atoms. The van der Waals surface area contributed by atoms with Gasteiger partial charge in [0, 0.05) is 6.42 Å². The van der Waals surface area contributed by atoms with E-state index < -0.39 is 5.97 Å². The van der Waals surface area contributed by atoms with E-state index in [1.807, 2.05) is 0 Å².